The quantitative estimate of drug-likeness (QED) is 0.564. The van der Waals surface area contributed by atoms with Gasteiger partial charge in [0, 0.05) is 29.6 Å². The summed E-state index contributed by atoms with van der Waals surface area (Å²) in [7, 11) is 0. The first-order chi connectivity index (χ1) is 13.9. The Balaban J connectivity index is 1.72. The van der Waals surface area contributed by atoms with Crippen molar-refractivity contribution in [1.29, 1.82) is 0 Å². The predicted molar refractivity (Wildman–Crippen MR) is 103 cm³/mol. The molecule has 1 aromatic carbocycles. The minimum absolute atomic E-state index is 0.0708. The number of benzene rings is 1. The highest BCUT2D eigenvalue weighted by atomic mass is 19.4. The van der Waals surface area contributed by atoms with Crippen molar-refractivity contribution < 1.29 is 13.2 Å². The van der Waals surface area contributed by atoms with Gasteiger partial charge in [0.1, 0.15) is 11.7 Å². The highest BCUT2D eigenvalue weighted by molar-refractivity contribution is 5.94. The zero-order chi connectivity index (χ0) is 20.2. The van der Waals surface area contributed by atoms with E-state index in [1.54, 1.807) is 30.9 Å². The summed E-state index contributed by atoms with van der Waals surface area (Å²) in [5.74, 6) is 0.0836. The molecule has 6 nitrogen and oxygen atoms in total. The number of fused-ring (bicyclic) bond motifs is 1. The van der Waals surface area contributed by atoms with E-state index >= 15 is 0 Å². The lowest BCUT2D eigenvalue weighted by molar-refractivity contribution is -0.141. The van der Waals surface area contributed by atoms with Gasteiger partial charge >= 0.3 is 6.18 Å². The summed E-state index contributed by atoms with van der Waals surface area (Å²) < 4.78 is 40.7. The van der Waals surface area contributed by atoms with Gasteiger partial charge in [-0.1, -0.05) is 6.07 Å². The molecule has 144 valence electrons. The van der Waals surface area contributed by atoms with E-state index in [0.717, 1.165) is 28.1 Å². The van der Waals surface area contributed by atoms with E-state index < -0.39 is 11.9 Å². The maximum atomic E-state index is 13.1. The van der Waals surface area contributed by atoms with Crippen molar-refractivity contribution in [3.63, 3.8) is 0 Å². The summed E-state index contributed by atoms with van der Waals surface area (Å²) in [6, 6.07) is 9.27. The Labute approximate surface area is 162 Å². The number of halogens is 3. The Morgan fingerprint density at radius 3 is 2.55 bits per heavy atom. The lowest BCUT2D eigenvalue weighted by Gasteiger charge is -2.10. The van der Waals surface area contributed by atoms with Crippen molar-refractivity contribution in [3.05, 3.63) is 66.2 Å². The van der Waals surface area contributed by atoms with Gasteiger partial charge in [0.05, 0.1) is 17.4 Å². The SMILES string of the molecule is Nc1cncc(-c2cc(C3C=N3)c3cnn(-c4cccc(C(F)(F)F)n4)c3c2)c1. The van der Waals surface area contributed by atoms with Crippen molar-refractivity contribution in [1.82, 2.24) is 19.7 Å². The second-order valence-electron chi connectivity index (χ2n) is 6.68. The summed E-state index contributed by atoms with van der Waals surface area (Å²) in [6.07, 6.45) is 2.11. The second kappa shape index (κ2) is 6.13. The predicted octanol–water partition coefficient (Wildman–Crippen LogP) is 4.21. The average Bonchev–Trinajstić information content (AvgIpc) is 3.45. The number of hydrogen-bond acceptors (Lipinski definition) is 5. The fourth-order valence-electron chi connectivity index (χ4n) is 3.27. The third kappa shape index (κ3) is 3.10. The molecule has 0 saturated heterocycles. The van der Waals surface area contributed by atoms with Crippen LogP contribution < -0.4 is 5.73 Å². The number of anilines is 1. The molecule has 1 unspecified atom stereocenters. The summed E-state index contributed by atoms with van der Waals surface area (Å²) >= 11 is 0. The van der Waals surface area contributed by atoms with Gasteiger partial charge in [0.2, 0.25) is 0 Å². The first-order valence-electron chi connectivity index (χ1n) is 8.71. The molecule has 2 N–H and O–H groups in total. The Morgan fingerprint density at radius 1 is 1.00 bits per heavy atom. The Bertz CT molecular complexity index is 1270. The Morgan fingerprint density at radius 2 is 1.83 bits per heavy atom. The van der Waals surface area contributed by atoms with Gasteiger partial charge in [-0.05, 0) is 41.5 Å². The first kappa shape index (κ1) is 17.4. The molecule has 0 amide bonds. The van der Waals surface area contributed by atoms with Crippen LogP contribution in [0.3, 0.4) is 0 Å². The molecule has 0 radical (unpaired) electrons. The molecular formula is C20H13F3N6. The molecule has 0 bridgehead atoms. The molecule has 5 rings (SSSR count). The van der Waals surface area contributed by atoms with Crippen LogP contribution in [0.15, 0.2) is 60.0 Å². The molecule has 4 aromatic rings. The van der Waals surface area contributed by atoms with Gasteiger partial charge in [-0.25, -0.2) is 9.67 Å². The lowest BCUT2D eigenvalue weighted by Crippen LogP contribution is -2.10. The Kier molecular flexibility index (Phi) is 3.67. The molecule has 1 aliphatic rings. The van der Waals surface area contributed by atoms with Crippen molar-refractivity contribution in [2.75, 3.05) is 5.73 Å². The average molecular weight is 394 g/mol. The van der Waals surface area contributed by atoms with Gasteiger partial charge in [-0.2, -0.15) is 18.3 Å². The topological polar surface area (TPSA) is 82.0 Å². The van der Waals surface area contributed by atoms with Gasteiger partial charge in [-0.3, -0.25) is 9.98 Å². The number of aliphatic imine (C=N–C) groups is 1. The van der Waals surface area contributed by atoms with Gasteiger partial charge in [0.25, 0.3) is 0 Å². The zero-order valence-corrected chi connectivity index (χ0v) is 14.8. The van der Waals surface area contributed by atoms with Crippen LogP contribution >= 0.6 is 0 Å². The summed E-state index contributed by atoms with van der Waals surface area (Å²) in [6.45, 7) is 0. The first-order valence-corrected chi connectivity index (χ1v) is 8.71. The number of nitrogens with zero attached hydrogens (tertiary/aromatic N) is 5. The minimum atomic E-state index is -4.54. The normalized spacial score (nSPS) is 15.8. The maximum Gasteiger partial charge on any atom is 0.433 e. The van der Waals surface area contributed by atoms with Crippen LogP contribution in [0.4, 0.5) is 18.9 Å². The standard InChI is InChI=1S/C20H13F3N6/c21-20(22,23)18-2-1-3-19(28-18)29-17-6-11(12-4-13(24)8-25-7-12)5-14(16-10-26-16)15(17)9-27-29/h1-10,16H,24H2. The van der Waals surface area contributed by atoms with E-state index in [1.165, 1.54) is 16.8 Å². The molecule has 0 aliphatic carbocycles. The van der Waals surface area contributed by atoms with Crippen molar-refractivity contribution >= 4 is 22.8 Å². The number of aromatic nitrogens is 4. The fraction of sp³-hybridized carbons (Fsp3) is 0.100. The van der Waals surface area contributed by atoms with E-state index in [2.05, 4.69) is 20.1 Å². The van der Waals surface area contributed by atoms with Crippen LogP contribution in [0.1, 0.15) is 17.3 Å². The maximum absolute atomic E-state index is 13.1. The van der Waals surface area contributed by atoms with Crippen molar-refractivity contribution in [2.24, 2.45) is 4.99 Å². The molecule has 0 spiro atoms. The van der Waals surface area contributed by atoms with Gasteiger partial charge in [-0.15, -0.1) is 0 Å². The molecular weight excluding hydrogens is 381 g/mol. The Hall–Kier alpha value is -3.75. The number of rotatable bonds is 3. The smallest absolute Gasteiger partial charge is 0.397 e. The molecule has 0 fully saturated rings. The van der Waals surface area contributed by atoms with Crippen LogP contribution in [0.5, 0.6) is 0 Å². The van der Waals surface area contributed by atoms with Gasteiger partial charge < -0.3 is 5.73 Å². The number of pyridine rings is 2. The molecule has 1 atom stereocenters. The summed E-state index contributed by atoms with van der Waals surface area (Å²) in [5.41, 5.74) is 8.55. The molecule has 0 saturated carbocycles. The van der Waals surface area contributed by atoms with E-state index in [1.807, 2.05) is 12.1 Å². The van der Waals surface area contributed by atoms with Crippen LogP contribution in [0.2, 0.25) is 0 Å². The van der Waals surface area contributed by atoms with Gasteiger partial charge in [0.15, 0.2) is 5.82 Å². The molecule has 1 aliphatic heterocycles. The highest BCUT2D eigenvalue weighted by Gasteiger charge is 2.33. The minimum Gasteiger partial charge on any atom is -0.397 e. The monoisotopic (exact) mass is 394 g/mol. The number of nitrogens with two attached hydrogens (primary N) is 1. The number of alkyl halides is 3. The highest BCUT2D eigenvalue weighted by Crippen LogP contribution is 2.36. The summed E-state index contributed by atoms with van der Waals surface area (Å²) in [4.78, 5) is 12.1. The second-order valence-corrected chi connectivity index (χ2v) is 6.68. The molecule has 3 aromatic heterocycles. The van der Waals surface area contributed by atoms with Crippen LogP contribution in [-0.2, 0) is 6.18 Å². The number of hydrogen-bond donors (Lipinski definition) is 1. The zero-order valence-electron chi connectivity index (χ0n) is 14.8. The number of nitrogen functional groups attached to an aromatic ring is 1. The third-order valence-corrected chi connectivity index (χ3v) is 4.67. The van der Waals surface area contributed by atoms with E-state index in [4.69, 9.17) is 5.73 Å². The van der Waals surface area contributed by atoms with Crippen LogP contribution in [0.25, 0.3) is 27.8 Å². The van der Waals surface area contributed by atoms with E-state index in [9.17, 15) is 13.2 Å². The van der Waals surface area contributed by atoms with E-state index in [0.29, 0.717) is 11.2 Å². The molecule has 9 heteroatoms. The largest absolute Gasteiger partial charge is 0.433 e. The fourth-order valence-corrected chi connectivity index (χ4v) is 3.27. The van der Waals surface area contributed by atoms with E-state index in [-0.39, 0.29) is 11.9 Å². The molecule has 4 heterocycles. The lowest BCUT2D eigenvalue weighted by atomic mass is 9.99. The molecule has 29 heavy (non-hydrogen) atoms. The van der Waals surface area contributed by atoms with Crippen molar-refractivity contribution in [3.8, 4) is 16.9 Å². The van der Waals surface area contributed by atoms with Crippen molar-refractivity contribution in [2.45, 2.75) is 12.2 Å². The van der Waals surface area contributed by atoms with Crippen LogP contribution in [0, 0.1) is 0 Å². The summed E-state index contributed by atoms with van der Waals surface area (Å²) in [5, 5.41) is 5.10. The van der Waals surface area contributed by atoms with Crippen LogP contribution in [-0.4, -0.2) is 26.0 Å². The third-order valence-electron chi connectivity index (χ3n) is 4.67.